The number of fused-ring (bicyclic) bond motifs is 1. The van der Waals surface area contributed by atoms with E-state index in [1.165, 1.54) is 12.1 Å². The molecular formula is C34H33N3O9S2. The Balaban J connectivity index is 1.62. The van der Waals surface area contributed by atoms with Gasteiger partial charge in [-0.05, 0) is 77.4 Å². The SMILES string of the molecule is CCC(C)(C)c1ccc(Oc2ccccc2N=Nc2c(S(=O)(=O)O)cc3cc(S(O)(O)O)cc(NC(=O)c4ccccc4)c3c2O)cc1. The highest BCUT2D eigenvalue weighted by atomic mass is 32.3. The van der Waals surface area contributed by atoms with Crippen LogP contribution < -0.4 is 10.1 Å². The van der Waals surface area contributed by atoms with E-state index < -0.39 is 48.1 Å². The van der Waals surface area contributed by atoms with E-state index in [4.69, 9.17) is 4.74 Å². The molecule has 0 heterocycles. The lowest BCUT2D eigenvalue weighted by molar-refractivity contribution is 0.102. The molecule has 5 aromatic rings. The van der Waals surface area contributed by atoms with Crippen molar-refractivity contribution in [2.45, 2.75) is 42.4 Å². The number of anilines is 1. The minimum Gasteiger partial charge on any atom is -0.505 e. The van der Waals surface area contributed by atoms with Gasteiger partial charge >= 0.3 is 0 Å². The van der Waals surface area contributed by atoms with E-state index in [2.05, 4.69) is 36.3 Å². The number of azo groups is 1. The summed E-state index contributed by atoms with van der Waals surface area (Å²) in [5.74, 6) is -0.723. The molecule has 0 saturated carbocycles. The third-order valence-corrected chi connectivity index (χ3v) is 9.61. The van der Waals surface area contributed by atoms with Crippen molar-refractivity contribution in [3.05, 3.63) is 108 Å². The summed E-state index contributed by atoms with van der Waals surface area (Å²) < 4.78 is 71.2. The van der Waals surface area contributed by atoms with Crippen molar-refractivity contribution < 1.29 is 41.3 Å². The molecule has 0 aliphatic carbocycles. The summed E-state index contributed by atoms with van der Waals surface area (Å²) in [6, 6.07) is 24.9. The van der Waals surface area contributed by atoms with Crippen LogP contribution in [0.25, 0.3) is 10.8 Å². The van der Waals surface area contributed by atoms with Crippen LogP contribution in [0.4, 0.5) is 17.1 Å². The molecule has 0 atom stereocenters. The molecule has 1 amide bonds. The fraction of sp³-hybridized carbons (Fsp3) is 0.147. The number of para-hydroxylation sites is 1. The topological polar surface area (TPSA) is 198 Å². The molecule has 0 spiro atoms. The summed E-state index contributed by atoms with van der Waals surface area (Å²) in [6.45, 7) is 6.39. The van der Waals surface area contributed by atoms with Gasteiger partial charge in [0.1, 0.15) is 32.9 Å². The van der Waals surface area contributed by atoms with Crippen LogP contribution in [0.15, 0.2) is 117 Å². The van der Waals surface area contributed by atoms with Crippen LogP contribution >= 0.6 is 10.9 Å². The predicted octanol–water partition coefficient (Wildman–Crippen LogP) is 9.52. The summed E-state index contributed by atoms with van der Waals surface area (Å²) in [7, 11) is -9.45. The largest absolute Gasteiger partial charge is 0.505 e. The number of phenols is 1. The minimum atomic E-state index is -5.07. The maximum Gasteiger partial charge on any atom is 0.296 e. The lowest BCUT2D eigenvalue weighted by Crippen LogP contribution is -2.14. The fourth-order valence-electron chi connectivity index (χ4n) is 4.83. The molecule has 250 valence electrons. The van der Waals surface area contributed by atoms with Gasteiger partial charge in [0.15, 0.2) is 11.5 Å². The van der Waals surface area contributed by atoms with Gasteiger partial charge in [-0.1, -0.05) is 63.2 Å². The summed E-state index contributed by atoms with van der Waals surface area (Å²) in [5.41, 5.74) is 0.565. The number of ether oxygens (including phenoxy) is 1. The summed E-state index contributed by atoms with van der Waals surface area (Å²) in [5, 5.41) is 21.8. The van der Waals surface area contributed by atoms with E-state index >= 15 is 0 Å². The molecule has 0 fully saturated rings. The zero-order chi connectivity index (χ0) is 34.9. The van der Waals surface area contributed by atoms with Gasteiger partial charge < -0.3 is 28.8 Å². The highest BCUT2D eigenvalue weighted by Gasteiger charge is 2.27. The average Bonchev–Trinajstić information content (AvgIpc) is 3.04. The zero-order valence-corrected chi connectivity index (χ0v) is 27.7. The number of nitrogens with one attached hydrogen (secondary N) is 1. The first kappa shape index (κ1) is 34.5. The van der Waals surface area contributed by atoms with Crippen molar-refractivity contribution >= 4 is 54.7 Å². The molecule has 0 saturated heterocycles. The van der Waals surface area contributed by atoms with Crippen LogP contribution in [0.2, 0.25) is 0 Å². The van der Waals surface area contributed by atoms with E-state index in [0.717, 1.165) is 30.2 Å². The van der Waals surface area contributed by atoms with Gasteiger partial charge in [-0.3, -0.25) is 9.35 Å². The van der Waals surface area contributed by atoms with Crippen LogP contribution in [-0.4, -0.2) is 37.6 Å². The normalized spacial score (nSPS) is 12.7. The lowest BCUT2D eigenvalue weighted by Gasteiger charge is -2.23. The standard InChI is InChI=1S/C34H33N3O9S2/c1-4-34(2,3)23-14-16-24(17-15-23)46-28-13-9-8-12-26(28)36-37-31-29(48(43,44)45)19-22-18-25(47(40,41)42)20-27(30(22)32(31)38)35-33(39)21-10-6-5-7-11-21/h5-20,38,40-42H,4H2,1-3H3,(H,35,39)(H,43,44,45). The third kappa shape index (κ3) is 7.49. The van der Waals surface area contributed by atoms with Gasteiger partial charge in [0, 0.05) is 10.9 Å². The van der Waals surface area contributed by atoms with E-state index in [9.17, 15) is 36.5 Å². The number of hydrogen-bond donors (Lipinski definition) is 6. The Kier molecular flexibility index (Phi) is 9.60. The van der Waals surface area contributed by atoms with Gasteiger partial charge in [0.2, 0.25) is 0 Å². The third-order valence-electron chi connectivity index (χ3n) is 7.87. The summed E-state index contributed by atoms with van der Waals surface area (Å²) in [6.07, 6.45) is 0.942. The van der Waals surface area contributed by atoms with E-state index in [-0.39, 0.29) is 38.9 Å². The molecule has 6 N–H and O–H groups in total. The molecule has 0 bridgehead atoms. The van der Waals surface area contributed by atoms with Crippen molar-refractivity contribution in [2.24, 2.45) is 10.2 Å². The maximum atomic E-state index is 13.1. The Hall–Kier alpha value is -4.83. The molecule has 14 heteroatoms. The first-order valence-electron chi connectivity index (χ1n) is 14.6. The Morgan fingerprint density at radius 3 is 2.12 bits per heavy atom. The van der Waals surface area contributed by atoms with Crippen molar-refractivity contribution in [1.82, 2.24) is 0 Å². The molecule has 48 heavy (non-hydrogen) atoms. The molecule has 0 radical (unpaired) electrons. The number of nitrogens with zero attached hydrogens (tertiary/aromatic N) is 2. The number of carbonyl (C=O) groups is 1. The van der Waals surface area contributed by atoms with Crippen molar-refractivity contribution in [3.8, 4) is 17.2 Å². The Morgan fingerprint density at radius 2 is 1.50 bits per heavy atom. The Labute approximate surface area is 278 Å². The Bertz CT molecular complexity index is 2130. The highest BCUT2D eigenvalue weighted by Crippen LogP contribution is 2.50. The van der Waals surface area contributed by atoms with Crippen LogP contribution in [0.1, 0.15) is 43.1 Å². The van der Waals surface area contributed by atoms with Crippen molar-refractivity contribution in [2.75, 3.05) is 5.32 Å². The van der Waals surface area contributed by atoms with Crippen molar-refractivity contribution in [3.63, 3.8) is 0 Å². The fourth-order valence-corrected chi connectivity index (χ4v) is 6.05. The second-order valence-corrected chi connectivity index (χ2v) is 14.4. The summed E-state index contributed by atoms with van der Waals surface area (Å²) >= 11 is 0. The first-order chi connectivity index (χ1) is 22.6. The zero-order valence-electron chi connectivity index (χ0n) is 26.0. The van der Waals surface area contributed by atoms with Gasteiger partial charge in [0.25, 0.3) is 16.0 Å². The van der Waals surface area contributed by atoms with Gasteiger partial charge in [-0.25, -0.2) is 0 Å². The summed E-state index contributed by atoms with van der Waals surface area (Å²) in [4.78, 5) is 11.7. The number of phenolic OH excluding ortho intramolecular Hbond substituents is 1. The lowest BCUT2D eigenvalue weighted by atomic mass is 9.82. The molecule has 12 nitrogen and oxygen atoms in total. The second kappa shape index (κ2) is 13.4. The average molecular weight is 692 g/mol. The van der Waals surface area contributed by atoms with Crippen LogP contribution in [0.3, 0.4) is 0 Å². The van der Waals surface area contributed by atoms with Gasteiger partial charge in [0.05, 0.1) is 10.6 Å². The van der Waals surface area contributed by atoms with E-state index in [1.807, 2.05) is 24.3 Å². The monoisotopic (exact) mass is 691 g/mol. The molecule has 0 aliphatic rings. The number of rotatable bonds is 10. The number of amides is 1. The van der Waals surface area contributed by atoms with Crippen molar-refractivity contribution in [1.29, 1.82) is 0 Å². The Morgan fingerprint density at radius 1 is 0.854 bits per heavy atom. The quantitative estimate of drug-likeness (QED) is 0.0610. The van der Waals surface area contributed by atoms with Gasteiger partial charge in [-0.15, -0.1) is 10.2 Å². The smallest absolute Gasteiger partial charge is 0.296 e. The first-order valence-corrected chi connectivity index (χ1v) is 17.5. The van der Waals surface area contributed by atoms with E-state index in [0.29, 0.717) is 5.75 Å². The number of benzene rings is 5. The van der Waals surface area contributed by atoms with Crippen LogP contribution in [-0.2, 0) is 15.5 Å². The second-order valence-electron chi connectivity index (χ2n) is 11.5. The molecule has 0 unspecified atom stereocenters. The number of aromatic hydroxyl groups is 1. The molecule has 0 aliphatic heterocycles. The highest BCUT2D eigenvalue weighted by molar-refractivity contribution is 8.19. The number of hydrogen-bond acceptors (Lipinski definition) is 10. The molecule has 0 aromatic heterocycles. The van der Waals surface area contributed by atoms with E-state index in [1.54, 1.807) is 42.5 Å². The molecule has 5 rings (SSSR count). The predicted molar refractivity (Wildman–Crippen MR) is 184 cm³/mol. The van der Waals surface area contributed by atoms with Gasteiger partial charge in [-0.2, -0.15) is 8.42 Å². The minimum absolute atomic E-state index is 0.0262. The molecule has 5 aromatic carbocycles. The number of carbonyl (C=O) groups excluding carboxylic acids is 1. The molecular weight excluding hydrogens is 659 g/mol. The maximum absolute atomic E-state index is 13.1. The van der Waals surface area contributed by atoms with Crippen LogP contribution in [0.5, 0.6) is 17.2 Å². The van der Waals surface area contributed by atoms with Crippen LogP contribution in [0, 0.1) is 0 Å².